The van der Waals surface area contributed by atoms with Crippen LogP contribution in [0.3, 0.4) is 0 Å². The standard InChI is InChI=1S/C24H17ClN4O5.C23H14ClN5O7.Fe/c1-13-9-15(25)11-20(22(13)30)27-28-21-18-8-3-2-5-14(18)10-19(23(21)31)24(32)26-16-6-4-7-17(12-16)29(33)34;24-13-9-18(22(31)19(10-13)29(35)36)26-27-20-16-7-2-1-4-12(16)8-17(21(20)30)23(32)25-14-5-3-6-15(11-14)28(33)34;/h2-12,30-31H,1H3,(H,26,32);1-11,30-31H,(H,25,32);. The van der Waals surface area contributed by atoms with Crippen LogP contribution in [0.5, 0.6) is 23.0 Å². The van der Waals surface area contributed by atoms with Crippen molar-refractivity contribution in [2.45, 2.75) is 6.92 Å². The van der Waals surface area contributed by atoms with Gasteiger partial charge in [0.25, 0.3) is 23.2 Å². The summed E-state index contributed by atoms with van der Waals surface area (Å²) in [4.78, 5) is 57.1. The summed E-state index contributed by atoms with van der Waals surface area (Å²) >= 11 is 11.9. The van der Waals surface area contributed by atoms with Crippen LogP contribution in [0, 0.1) is 37.3 Å². The molecule has 24 heteroatoms. The minimum Gasteiger partial charge on any atom is -0.505 e. The van der Waals surface area contributed by atoms with E-state index in [1.807, 2.05) is 0 Å². The summed E-state index contributed by atoms with van der Waals surface area (Å²) in [6.45, 7) is 1.66. The molecule has 8 aromatic carbocycles. The third-order valence-corrected chi connectivity index (χ3v) is 10.5. The van der Waals surface area contributed by atoms with E-state index in [0.29, 0.717) is 32.1 Å². The van der Waals surface area contributed by atoms with Crippen LogP contribution in [-0.4, -0.2) is 47.0 Å². The van der Waals surface area contributed by atoms with Crippen LogP contribution in [0.25, 0.3) is 21.5 Å². The first-order valence-electron chi connectivity index (χ1n) is 20.0. The number of halogens is 2. The molecule has 8 rings (SSSR count). The van der Waals surface area contributed by atoms with Crippen LogP contribution in [0.2, 0.25) is 10.0 Å². The summed E-state index contributed by atoms with van der Waals surface area (Å²) in [5.74, 6) is -3.38. The molecule has 0 aromatic heterocycles. The average Bonchev–Trinajstić information content (AvgIpc) is 3.33. The smallest absolute Gasteiger partial charge is 0.314 e. The number of fused-ring (bicyclic) bond motifs is 2. The molecule has 358 valence electrons. The van der Waals surface area contributed by atoms with Gasteiger partial charge in [0.2, 0.25) is 5.75 Å². The minimum atomic E-state index is -0.841. The van der Waals surface area contributed by atoms with E-state index < -0.39 is 49.5 Å². The molecule has 0 atom stereocenters. The Labute approximate surface area is 419 Å². The number of aryl methyl sites for hydroxylation is 1. The zero-order chi connectivity index (χ0) is 50.4. The van der Waals surface area contributed by atoms with Crippen molar-refractivity contribution in [1.29, 1.82) is 0 Å². The first kappa shape index (κ1) is 51.3. The first-order valence-corrected chi connectivity index (χ1v) is 20.8. The van der Waals surface area contributed by atoms with Crippen LogP contribution < -0.4 is 10.6 Å². The second-order valence-electron chi connectivity index (χ2n) is 14.7. The van der Waals surface area contributed by atoms with Gasteiger partial charge in [0.1, 0.15) is 28.5 Å². The number of amides is 2. The van der Waals surface area contributed by atoms with Crippen molar-refractivity contribution in [3.05, 3.63) is 191 Å². The fourth-order valence-corrected chi connectivity index (χ4v) is 7.24. The number of benzene rings is 8. The number of nitro groups is 3. The van der Waals surface area contributed by atoms with E-state index in [4.69, 9.17) is 23.2 Å². The number of nitrogens with zero attached hydrogens (tertiary/aromatic N) is 7. The zero-order valence-corrected chi connectivity index (χ0v) is 38.6. The van der Waals surface area contributed by atoms with Crippen LogP contribution in [0.1, 0.15) is 26.3 Å². The van der Waals surface area contributed by atoms with Crippen LogP contribution >= 0.6 is 23.2 Å². The summed E-state index contributed by atoms with van der Waals surface area (Å²) in [5.41, 5.74) is -0.984. The summed E-state index contributed by atoms with van der Waals surface area (Å²) in [6.07, 6.45) is 0. The van der Waals surface area contributed by atoms with Gasteiger partial charge >= 0.3 is 5.69 Å². The molecular formula is C47H31Cl2FeN9O12. The van der Waals surface area contributed by atoms with Crippen molar-refractivity contribution in [2.24, 2.45) is 20.5 Å². The summed E-state index contributed by atoms with van der Waals surface area (Å²) in [6, 6.07) is 32.2. The number of nitrogens with one attached hydrogen (secondary N) is 2. The Morgan fingerprint density at radius 3 is 1.37 bits per heavy atom. The number of rotatable bonds is 11. The monoisotopic (exact) mass is 1040 g/mol. The number of aromatic hydroxyl groups is 4. The molecule has 6 N–H and O–H groups in total. The van der Waals surface area contributed by atoms with Gasteiger partial charge in [0.05, 0.1) is 25.9 Å². The topological polar surface area (TPSA) is 318 Å². The number of carbonyl (C=O) groups excluding carboxylic acids is 2. The van der Waals surface area contributed by atoms with Gasteiger partial charge in [0.15, 0.2) is 11.5 Å². The third kappa shape index (κ3) is 11.6. The quantitative estimate of drug-likeness (QED) is 0.0305. The number of phenols is 4. The van der Waals surface area contributed by atoms with Crippen LogP contribution in [-0.2, 0) is 17.1 Å². The molecule has 0 saturated carbocycles. The number of non-ortho nitro benzene ring substituents is 2. The largest absolute Gasteiger partial charge is 0.505 e. The van der Waals surface area contributed by atoms with Crippen molar-refractivity contribution in [2.75, 3.05) is 10.6 Å². The first-order chi connectivity index (χ1) is 33.4. The van der Waals surface area contributed by atoms with Crippen molar-refractivity contribution in [1.82, 2.24) is 0 Å². The second-order valence-corrected chi connectivity index (χ2v) is 15.6. The van der Waals surface area contributed by atoms with E-state index >= 15 is 0 Å². The van der Waals surface area contributed by atoms with Gasteiger partial charge in [-0.1, -0.05) is 83.9 Å². The van der Waals surface area contributed by atoms with Gasteiger partial charge in [-0.3, -0.25) is 39.9 Å². The Hall–Kier alpha value is -9.08. The molecule has 0 radical (unpaired) electrons. The van der Waals surface area contributed by atoms with Crippen molar-refractivity contribution < 1.29 is 61.9 Å². The van der Waals surface area contributed by atoms with Crippen molar-refractivity contribution in [3.8, 4) is 23.0 Å². The molecule has 0 saturated heterocycles. The molecule has 0 unspecified atom stereocenters. The summed E-state index contributed by atoms with van der Waals surface area (Å²) in [7, 11) is 0. The predicted octanol–water partition coefficient (Wildman–Crippen LogP) is 13.2. The zero-order valence-electron chi connectivity index (χ0n) is 36.0. The second kappa shape index (κ2) is 21.9. The van der Waals surface area contributed by atoms with Gasteiger partial charge in [-0.15, -0.1) is 20.5 Å². The van der Waals surface area contributed by atoms with E-state index in [9.17, 15) is 60.4 Å². The van der Waals surface area contributed by atoms with E-state index in [-0.39, 0.29) is 84.5 Å². The van der Waals surface area contributed by atoms with Crippen LogP contribution in [0.15, 0.2) is 154 Å². The molecule has 71 heavy (non-hydrogen) atoms. The number of hydrogen-bond acceptors (Lipinski definition) is 16. The van der Waals surface area contributed by atoms with E-state index in [1.165, 1.54) is 60.7 Å². The Bertz CT molecular complexity index is 3540. The molecule has 0 fully saturated rings. The maximum absolute atomic E-state index is 13.0. The van der Waals surface area contributed by atoms with Gasteiger partial charge in [-0.2, -0.15) is 0 Å². The Balaban J connectivity index is 0.000000230. The number of carbonyl (C=O) groups is 2. The third-order valence-electron chi connectivity index (χ3n) is 10.1. The average molecular weight is 1040 g/mol. The Morgan fingerprint density at radius 1 is 0.507 bits per heavy atom. The number of phenolic OH excluding ortho intramolecular Hbond substituents is 4. The van der Waals surface area contributed by atoms with Gasteiger partial charge in [-0.05, 0) is 65.7 Å². The summed E-state index contributed by atoms with van der Waals surface area (Å²) < 4.78 is 0. The molecule has 0 bridgehead atoms. The molecule has 0 aliphatic carbocycles. The fourth-order valence-electron chi connectivity index (χ4n) is 6.76. The molecular weight excluding hydrogens is 1010 g/mol. The Morgan fingerprint density at radius 2 is 0.930 bits per heavy atom. The molecule has 0 aliphatic heterocycles. The maximum atomic E-state index is 13.0. The molecule has 2 amide bonds. The van der Waals surface area contributed by atoms with Crippen molar-refractivity contribution >= 4 is 108 Å². The van der Waals surface area contributed by atoms with Crippen molar-refractivity contribution in [3.63, 3.8) is 0 Å². The number of nitro benzene ring substituents is 3. The van der Waals surface area contributed by atoms with Gasteiger partial charge in [-0.25, -0.2) is 0 Å². The Kier molecular flexibility index (Phi) is 15.8. The number of azo groups is 2. The molecule has 8 aromatic rings. The SMILES string of the molecule is Cc1cc(Cl)cc(N=Nc2c(O)c(C(=O)Nc3cccc([N+](=O)[O-])c3)cc3ccccc23)c1O.O=C(Nc1cccc([N+](=O)[O-])c1)c1cc2ccccc2c(N=Nc2cc(Cl)cc([N+](=O)[O-])c2O)c1O.[Fe]. The molecule has 0 heterocycles. The van der Waals surface area contributed by atoms with E-state index in [2.05, 4.69) is 31.1 Å². The predicted molar refractivity (Wildman–Crippen MR) is 259 cm³/mol. The molecule has 21 nitrogen and oxygen atoms in total. The number of anilines is 2. The molecule has 0 spiro atoms. The molecule has 0 aliphatic rings. The fraction of sp³-hybridized carbons (Fsp3) is 0.0213. The maximum Gasteiger partial charge on any atom is 0.314 e. The van der Waals surface area contributed by atoms with E-state index in [1.54, 1.807) is 61.5 Å². The van der Waals surface area contributed by atoms with E-state index in [0.717, 1.165) is 18.2 Å². The van der Waals surface area contributed by atoms with Crippen LogP contribution in [0.4, 0.5) is 51.2 Å². The normalized spacial score (nSPS) is 10.9. The summed E-state index contributed by atoms with van der Waals surface area (Å²) in [5, 5.41) is 98.7. The van der Waals surface area contributed by atoms with Gasteiger partial charge in [0, 0.05) is 79.6 Å². The minimum absolute atomic E-state index is 0. The number of hydrogen-bond donors (Lipinski definition) is 6. The van der Waals surface area contributed by atoms with Gasteiger partial charge < -0.3 is 31.1 Å².